The molecule has 0 radical (unpaired) electrons. The van der Waals surface area contributed by atoms with E-state index >= 15 is 0 Å². The number of hydrogen-bond acceptors (Lipinski definition) is 5. The largest absolute Gasteiger partial charge is 0.444 e. The highest BCUT2D eigenvalue weighted by atomic mass is 32.2. The van der Waals surface area contributed by atoms with Crippen molar-refractivity contribution in [2.45, 2.75) is 17.9 Å². The summed E-state index contributed by atoms with van der Waals surface area (Å²) < 4.78 is 31.4. The van der Waals surface area contributed by atoms with E-state index in [2.05, 4.69) is 0 Å². The van der Waals surface area contributed by atoms with Crippen molar-refractivity contribution in [1.29, 1.82) is 5.26 Å². The lowest BCUT2D eigenvalue weighted by atomic mass is 10.2. The zero-order valence-electron chi connectivity index (χ0n) is 13.2. The smallest absolute Gasteiger partial charge is 0.339 e. The third-order valence-corrected chi connectivity index (χ3v) is 5.10. The van der Waals surface area contributed by atoms with Crippen molar-refractivity contribution in [2.75, 3.05) is 11.4 Å². The number of sulfonamides is 1. The maximum absolute atomic E-state index is 12.7. The molecule has 0 aliphatic heterocycles. The predicted molar refractivity (Wildman–Crippen MR) is 89.0 cm³/mol. The van der Waals surface area contributed by atoms with Gasteiger partial charge in [-0.2, -0.15) is 5.26 Å². The van der Waals surface area contributed by atoms with Crippen LogP contribution in [0.3, 0.4) is 0 Å². The van der Waals surface area contributed by atoms with Crippen LogP contribution in [0.4, 0.5) is 5.69 Å². The minimum absolute atomic E-state index is 0.0343. The lowest BCUT2D eigenvalue weighted by Gasteiger charge is -2.19. The first kappa shape index (κ1) is 17.5. The molecule has 0 spiro atoms. The summed E-state index contributed by atoms with van der Waals surface area (Å²) in [5, 5.41) is 8.68. The Hall–Kier alpha value is -2.85. The van der Waals surface area contributed by atoms with Crippen LogP contribution in [-0.4, -0.2) is 27.5 Å². The fourth-order valence-corrected chi connectivity index (χ4v) is 3.22. The molecular formula is C17H16N2O4S. The molecule has 0 saturated carbocycles. The van der Waals surface area contributed by atoms with E-state index in [1.165, 1.54) is 38.2 Å². The zero-order chi connectivity index (χ0) is 17.7. The molecule has 0 N–H and O–H groups in total. The Morgan fingerprint density at radius 3 is 2.46 bits per heavy atom. The zero-order valence-corrected chi connectivity index (χ0v) is 14.0. The van der Waals surface area contributed by atoms with E-state index in [1.807, 2.05) is 0 Å². The van der Waals surface area contributed by atoms with Crippen molar-refractivity contribution in [3.8, 4) is 6.07 Å². The molecule has 7 heteroatoms. The molecule has 0 aromatic heterocycles. The topological polar surface area (TPSA) is 87.5 Å². The second kappa shape index (κ2) is 7.15. The first-order valence-corrected chi connectivity index (χ1v) is 8.55. The fourth-order valence-electron chi connectivity index (χ4n) is 1.97. The maximum atomic E-state index is 12.7. The Morgan fingerprint density at radius 1 is 1.17 bits per heavy atom. The van der Waals surface area contributed by atoms with Crippen LogP contribution in [0.15, 0.2) is 59.5 Å². The number of benzene rings is 2. The number of carbonyl (C=O) groups is 1. The minimum atomic E-state index is -3.82. The number of carbonyl (C=O) groups excluding carboxylic acids is 1. The third-order valence-electron chi connectivity index (χ3n) is 3.31. The van der Waals surface area contributed by atoms with Gasteiger partial charge in [0.05, 0.1) is 16.1 Å². The maximum Gasteiger partial charge on any atom is 0.339 e. The molecule has 2 rings (SSSR count). The van der Waals surface area contributed by atoms with E-state index in [0.717, 1.165) is 4.31 Å². The molecule has 0 aliphatic rings. The number of esters is 1. The van der Waals surface area contributed by atoms with Gasteiger partial charge in [-0.3, -0.25) is 4.31 Å². The van der Waals surface area contributed by atoms with Crippen LogP contribution >= 0.6 is 0 Å². The predicted octanol–water partition coefficient (Wildman–Crippen LogP) is 2.58. The molecule has 0 amide bonds. The standard InChI is InChI=1S/C17H16N2O4S/c1-13(12-18)23-17(20)14-7-6-10-16(11-14)24(21,22)19(2)15-8-4-3-5-9-15/h3-11,13H,1-2H3/t13-/m1/s1. The molecule has 0 saturated heterocycles. The summed E-state index contributed by atoms with van der Waals surface area (Å²) in [5.74, 6) is -0.747. The van der Waals surface area contributed by atoms with Crippen molar-refractivity contribution < 1.29 is 17.9 Å². The number of hydrogen-bond donors (Lipinski definition) is 0. The first-order chi connectivity index (χ1) is 11.4. The van der Waals surface area contributed by atoms with Crippen LogP contribution in [0.2, 0.25) is 0 Å². The van der Waals surface area contributed by atoms with Gasteiger partial charge in [0.2, 0.25) is 0 Å². The number of para-hydroxylation sites is 1. The van der Waals surface area contributed by atoms with Crippen molar-refractivity contribution in [3.63, 3.8) is 0 Å². The van der Waals surface area contributed by atoms with Crippen LogP contribution in [0, 0.1) is 11.3 Å². The van der Waals surface area contributed by atoms with Gasteiger partial charge in [-0.1, -0.05) is 24.3 Å². The summed E-state index contributed by atoms with van der Waals surface area (Å²) >= 11 is 0. The number of ether oxygens (including phenoxy) is 1. The molecule has 2 aromatic rings. The Balaban J connectivity index is 2.34. The van der Waals surface area contributed by atoms with Crippen LogP contribution in [0.1, 0.15) is 17.3 Å². The summed E-state index contributed by atoms with van der Waals surface area (Å²) in [6, 6.07) is 15.9. The van der Waals surface area contributed by atoms with Crippen molar-refractivity contribution in [3.05, 3.63) is 60.2 Å². The quantitative estimate of drug-likeness (QED) is 0.778. The first-order valence-electron chi connectivity index (χ1n) is 7.11. The molecule has 124 valence electrons. The highest BCUT2D eigenvalue weighted by Gasteiger charge is 2.23. The number of nitrogens with zero attached hydrogens (tertiary/aromatic N) is 2. The monoisotopic (exact) mass is 344 g/mol. The summed E-state index contributed by atoms with van der Waals surface area (Å²) in [6.45, 7) is 1.43. The van der Waals surface area contributed by atoms with Gasteiger partial charge in [-0.25, -0.2) is 13.2 Å². The molecule has 0 bridgehead atoms. The fraction of sp³-hybridized carbons (Fsp3) is 0.176. The average Bonchev–Trinajstić information content (AvgIpc) is 2.61. The van der Waals surface area contributed by atoms with E-state index in [9.17, 15) is 13.2 Å². The number of rotatable bonds is 5. The van der Waals surface area contributed by atoms with E-state index < -0.39 is 22.1 Å². The lowest BCUT2D eigenvalue weighted by Crippen LogP contribution is -2.26. The molecule has 1 atom stereocenters. The van der Waals surface area contributed by atoms with Gasteiger partial charge in [-0.15, -0.1) is 0 Å². The van der Waals surface area contributed by atoms with E-state index in [1.54, 1.807) is 36.4 Å². The van der Waals surface area contributed by atoms with E-state index in [4.69, 9.17) is 10.00 Å². The molecule has 0 heterocycles. The average molecular weight is 344 g/mol. The molecule has 0 fully saturated rings. The summed E-state index contributed by atoms with van der Waals surface area (Å²) in [7, 11) is -2.38. The molecule has 2 aromatic carbocycles. The van der Waals surface area contributed by atoms with Gasteiger partial charge < -0.3 is 4.74 Å². The van der Waals surface area contributed by atoms with Crippen LogP contribution in [0.25, 0.3) is 0 Å². The van der Waals surface area contributed by atoms with Gasteiger partial charge in [0, 0.05) is 7.05 Å². The highest BCUT2D eigenvalue weighted by molar-refractivity contribution is 7.92. The van der Waals surface area contributed by atoms with Crippen LogP contribution < -0.4 is 4.31 Å². The molecule has 0 aliphatic carbocycles. The summed E-state index contributed by atoms with van der Waals surface area (Å²) in [5.41, 5.74) is 0.572. The Bertz CT molecular complexity index is 873. The Kier molecular flexibility index (Phi) is 5.21. The van der Waals surface area contributed by atoms with Gasteiger partial charge in [0.25, 0.3) is 10.0 Å². The number of anilines is 1. The van der Waals surface area contributed by atoms with Crippen LogP contribution in [0.5, 0.6) is 0 Å². The second-order valence-corrected chi connectivity index (χ2v) is 6.98. The summed E-state index contributed by atoms with van der Waals surface area (Å²) in [6.07, 6.45) is -0.912. The van der Waals surface area contributed by atoms with Crippen molar-refractivity contribution in [2.24, 2.45) is 0 Å². The van der Waals surface area contributed by atoms with Gasteiger partial charge in [0.15, 0.2) is 6.10 Å². The van der Waals surface area contributed by atoms with E-state index in [0.29, 0.717) is 5.69 Å². The van der Waals surface area contributed by atoms with Crippen molar-refractivity contribution in [1.82, 2.24) is 0 Å². The Labute approximate surface area is 141 Å². The molecule has 0 unspecified atom stereocenters. The highest BCUT2D eigenvalue weighted by Crippen LogP contribution is 2.22. The van der Waals surface area contributed by atoms with Gasteiger partial charge >= 0.3 is 5.97 Å². The van der Waals surface area contributed by atoms with Gasteiger partial charge in [0.1, 0.15) is 6.07 Å². The lowest BCUT2D eigenvalue weighted by molar-refractivity contribution is 0.0435. The number of nitriles is 1. The second-order valence-electron chi connectivity index (χ2n) is 5.01. The minimum Gasteiger partial charge on any atom is -0.444 e. The van der Waals surface area contributed by atoms with Crippen molar-refractivity contribution >= 4 is 21.7 Å². The Morgan fingerprint density at radius 2 is 1.83 bits per heavy atom. The summed E-state index contributed by atoms with van der Waals surface area (Å²) in [4.78, 5) is 11.9. The third kappa shape index (κ3) is 3.73. The van der Waals surface area contributed by atoms with E-state index in [-0.39, 0.29) is 10.5 Å². The van der Waals surface area contributed by atoms with Gasteiger partial charge in [-0.05, 0) is 37.3 Å². The SMILES string of the molecule is C[C@H](C#N)OC(=O)c1cccc(S(=O)(=O)N(C)c2ccccc2)c1. The molecular weight excluding hydrogens is 328 g/mol. The molecule has 24 heavy (non-hydrogen) atoms. The van der Waals surface area contributed by atoms with Crippen LogP contribution in [-0.2, 0) is 14.8 Å². The normalized spacial score (nSPS) is 12.0. The molecule has 6 nitrogen and oxygen atoms in total.